The Labute approximate surface area is 105 Å². The van der Waals surface area contributed by atoms with Crippen molar-refractivity contribution in [1.82, 2.24) is 5.32 Å². The van der Waals surface area contributed by atoms with E-state index in [1.165, 1.54) is 0 Å². The van der Waals surface area contributed by atoms with E-state index in [1.54, 1.807) is 0 Å². The Balaban J connectivity index is 2.56. The van der Waals surface area contributed by atoms with Crippen LogP contribution in [0, 0.1) is 11.3 Å². The van der Waals surface area contributed by atoms with Crippen molar-refractivity contribution in [3.05, 3.63) is 0 Å². The molecule has 0 aromatic carbocycles. The Kier molecular flexibility index (Phi) is 4.86. The molecular formula is C11H18ClF2NO2. The van der Waals surface area contributed by atoms with E-state index in [1.807, 2.05) is 20.8 Å². The second-order valence-corrected chi connectivity index (χ2v) is 5.83. The lowest BCUT2D eigenvalue weighted by atomic mass is 9.79. The molecule has 3 atom stereocenters. The fraction of sp³-hybridized carbons (Fsp3) is 0.909. The molecule has 1 saturated heterocycles. The molecule has 1 heterocycles. The van der Waals surface area contributed by atoms with Crippen LogP contribution in [0.4, 0.5) is 8.78 Å². The predicted molar refractivity (Wildman–Crippen MR) is 61.1 cm³/mol. The molecule has 0 aliphatic carbocycles. The van der Waals surface area contributed by atoms with E-state index in [-0.39, 0.29) is 24.7 Å². The van der Waals surface area contributed by atoms with Crippen LogP contribution < -0.4 is 5.32 Å². The molecule has 3 unspecified atom stereocenters. The van der Waals surface area contributed by atoms with Crippen molar-refractivity contribution in [2.45, 2.75) is 45.4 Å². The molecule has 3 nitrogen and oxygen atoms in total. The van der Waals surface area contributed by atoms with Gasteiger partial charge < -0.3 is 4.74 Å². The molecule has 1 fully saturated rings. The quantitative estimate of drug-likeness (QED) is 0.800. The molecule has 100 valence electrons. The van der Waals surface area contributed by atoms with E-state index < -0.39 is 23.6 Å². The number of ketones is 1. The zero-order chi connectivity index (χ0) is 13.2. The molecule has 1 rings (SSSR count). The molecule has 6 heteroatoms. The molecule has 0 saturated carbocycles. The molecule has 0 radical (unpaired) electrons. The first kappa shape index (κ1) is 14.8. The summed E-state index contributed by atoms with van der Waals surface area (Å²) >= 11 is 6.08. The van der Waals surface area contributed by atoms with Crippen LogP contribution in [-0.2, 0) is 9.53 Å². The third-order valence-electron chi connectivity index (χ3n) is 2.78. The normalized spacial score (nSPS) is 30.6. The van der Waals surface area contributed by atoms with Gasteiger partial charge in [0.25, 0.3) is 0 Å². The summed E-state index contributed by atoms with van der Waals surface area (Å²) in [7, 11) is 0. The Bertz CT molecular complexity index is 281. The van der Waals surface area contributed by atoms with Crippen molar-refractivity contribution >= 4 is 17.4 Å². The maximum Gasteiger partial charge on any atom is 0.346 e. The van der Waals surface area contributed by atoms with Crippen molar-refractivity contribution in [3.8, 4) is 0 Å². The van der Waals surface area contributed by atoms with Gasteiger partial charge in [-0.2, -0.15) is 8.78 Å². The minimum absolute atomic E-state index is 0.0421. The molecule has 1 N–H and O–H groups in total. The molecule has 0 aromatic heterocycles. The van der Waals surface area contributed by atoms with Crippen LogP contribution >= 0.6 is 11.6 Å². The first-order valence-electron chi connectivity index (χ1n) is 5.57. The number of carbonyl (C=O) groups is 1. The number of hydrogen-bond donors (Lipinski definition) is 1. The lowest BCUT2D eigenvalue weighted by Gasteiger charge is -2.35. The number of rotatable bonds is 3. The van der Waals surface area contributed by atoms with E-state index in [9.17, 15) is 13.6 Å². The predicted octanol–water partition coefficient (Wildman–Crippen LogP) is 2.38. The van der Waals surface area contributed by atoms with Gasteiger partial charge in [0.1, 0.15) is 12.0 Å². The maximum atomic E-state index is 12.0. The summed E-state index contributed by atoms with van der Waals surface area (Å²) in [6.45, 7) is 2.91. The number of hydrogen-bond acceptors (Lipinski definition) is 3. The molecule has 0 aromatic rings. The van der Waals surface area contributed by atoms with Gasteiger partial charge in [0.2, 0.25) is 0 Å². The van der Waals surface area contributed by atoms with E-state index >= 15 is 0 Å². The van der Waals surface area contributed by atoms with Crippen LogP contribution in [0.2, 0.25) is 0 Å². The summed E-state index contributed by atoms with van der Waals surface area (Å²) in [5, 5.41) is 2.31. The van der Waals surface area contributed by atoms with E-state index in [0.717, 1.165) is 0 Å². The number of carbonyl (C=O) groups excluding carboxylic acids is 1. The number of alkyl halides is 3. The summed E-state index contributed by atoms with van der Waals surface area (Å²) in [6.07, 6.45) is -0.570. The summed E-state index contributed by atoms with van der Waals surface area (Å²) in [6, 6.07) is 0. The van der Waals surface area contributed by atoms with Crippen molar-refractivity contribution in [2.75, 3.05) is 6.54 Å². The van der Waals surface area contributed by atoms with Crippen molar-refractivity contribution in [1.29, 1.82) is 0 Å². The van der Waals surface area contributed by atoms with Crippen LogP contribution in [0.3, 0.4) is 0 Å². The smallest absolute Gasteiger partial charge is 0.304 e. The molecule has 1 aliphatic heterocycles. The van der Waals surface area contributed by atoms with Crippen LogP contribution in [0.25, 0.3) is 0 Å². The minimum Gasteiger partial charge on any atom is -0.304 e. The molecule has 0 amide bonds. The lowest BCUT2D eigenvalue weighted by molar-refractivity contribution is -0.178. The van der Waals surface area contributed by atoms with Gasteiger partial charge in [-0.15, -0.1) is 11.6 Å². The Hall–Kier alpha value is -0.260. The monoisotopic (exact) mass is 269 g/mol. The van der Waals surface area contributed by atoms with Gasteiger partial charge in [0.05, 0.1) is 0 Å². The maximum absolute atomic E-state index is 12.0. The number of piperidine rings is 1. The van der Waals surface area contributed by atoms with Crippen LogP contribution in [0.5, 0.6) is 0 Å². The molecule has 1 aliphatic rings. The second-order valence-electron chi connectivity index (χ2n) is 5.27. The molecule has 0 spiro atoms. The number of Topliss-reactive ketones (excluding diaryl/α,β-unsaturated/α-hetero) is 1. The zero-order valence-electron chi connectivity index (χ0n) is 10.2. The topological polar surface area (TPSA) is 38.3 Å². The van der Waals surface area contributed by atoms with Crippen LogP contribution in [0.15, 0.2) is 0 Å². The lowest BCUT2D eigenvalue weighted by Crippen LogP contribution is -2.51. The Morgan fingerprint density at radius 1 is 1.47 bits per heavy atom. The van der Waals surface area contributed by atoms with E-state index in [4.69, 9.17) is 11.6 Å². The van der Waals surface area contributed by atoms with Gasteiger partial charge in [-0.1, -0.05) is 20.8 Å². The van der Waals surface area contributed by atoms with Gasteiger partial charge in [-0.05, 0) is 0 Å². The zero-order valence-corrected chi connectivity index (χ0v) is 10.9. The van der Waals surface area contributed by atoms with Gasteiger partial charge in [-0.3, -0.25) is 10.1 Å². The SMILES string of the molecule is CC(C)(C)C(=O)C1CNC(OC(F)F)CC1Cl. The number of halogens is 3. The second kappa shape index (κ2) is 5.59. The minimum atomic E-state index is -2.83. The van der Waals surface area contributed by atoms with Gasteiger partial charge in [-0.25, -0.2) is 0 Å². The van der Waals surface area contributed by atoms with Gasteiger partial charge in [0.15, 0.2) is 0 Å². The average molecular weight is 270 g/mol. The fourth-order valence-corrected chi connectivity index (χ4v) is 2.24. The fourth-order valence-electron chi connectivity index (χ4n) is 1.88. The van der Waals surface area contributed by atoms with Crippen molar-refractivity contribution in [3.63, 3.8) is 0 Å². The third-order valence-corrected chi connectivity index (χ3v) is 3.27. The van der Waals surface area contributed by atoms with Gasteiger partial charge in [0, 0.05) is 29.7 Å². The van der Waals surface area contributed by atoms with E-state index in [2.05, 4.69) is 10.1 Å². The highest BCUT2D eigenvalue weighted by Crippen LogP contribution is 2.29. The Morgan fingerprint density at radius 2 is 2.06 bits per heavy atom. The number of nitrogens with one attached hydrogen (secondary N) is 1. The van der Waals surface area contributed by atoms with Crippen LogP contribution in [0.1, 0.15) is 27.2 Å². The average Bonchev–Trinajstić information content (AvgIpc) is 2.14. The molecule has 0 bridgehead atoms. The van der Waals surface area contributed by atoms with Crippen molar-refractivity contribution < 1.29 is 18.3 Å². The third kappa shape index (κ3) is 4.16. The van der Waals surface area contributed by atoms with E-state index in [0.29, 0.717) is 0 Å². The number of ether oxygens (including phenoxy) is 1. The van der Waals surface area contributed by atoms with Crippen LogP contribution in [-0.4, -0.2) is 30.5 Å². The summed E-state index contributed by atoms with van der Waals surface area (Å²) in [5.74, 6) is -0.310. The Morgan fingerprint density at radius 3 is 2.47 bits per heavy atom. The first-order chi connectivity index (χ1) is 7.71. The highest BCUT2D eigenvalue weighted by molar-refractivity contribution is 6.22. The van der Waals surface area contributed by atoms with Gasteiger partial charge >= 0.3 is 6.61 Å². The highest BCUT2D eigenvalue weighted by Gasteiger charge is 2.39. The largest absolute Gasteiger partial charge is 0.346 e. The standard InChI is InChI=1S/C11H18ClF2NO2/c1-11(2,3)9(16)6-5-15-8(4-7(6)12)17-10(13)14/h6-8,10,15H,4-5H2,1-3H3. The molecule has 17 heavy (non-hydrogen) atoms. The summed E-state index contributed by atoms with van der Waals surface area (Å²) in [5.41, 5.74) is -0.476. The van der Waals surface area contributed by atoms with Crippen molar-refractivity contribution in [2.24, 2.45) is 11.3 Å². The highest BCUT2D eigenvalue weighted by atomic mass is 35.5. The summed E-state index contributed by atoms with van der Waals surface area (Å²) in [4.78, 5) is 12.0. The molecular weight excluding hydrogens is 252 g/mol. The first-order valence-corrected chi connectivity index (χ1v) is 6.01. The summed E-state index contributed by atoms with van der Waals surface area (Å²) < 4.78 is 28.4.